The van der Waals surface area contributed by atoms with E-state index < -0.39 is 5.41 Å². The first-order valence-corrected chi connectivity index (χ1v) is 8.02. The van der Waals surface area contributed by atoms with Crippen molar-refractivity contribution in [1.29, 1.82) is 0 Å². The number of hydrogen-bond donors (Lipinski definition) is 2. The molecule has 2 heterocycles. The van der Waals surface area contributed by atoms with E-state index in [4.69, 9.17) is 11.2 Å². The highest BCUT2D eigenvalue weighted by Gasteiger charge is 2.41. The minimum Gasteiger partial charge on any atom is -0.384 e. The Morgan fingerprint density at radius 3 is 2.86 bits per heavy atom. The lowest BCUT2D eigenvalue weighted by molar-refractivity contribution is -0.135. The first-order valence-electron chi connectivity index (χ1n) is 8.02. The van der Waals surface area contributed by atoms with Gasteiger partial charge in [0.15, 0.2) is 5.66 Å². The second kappa shape index (κ2) is 7.70. The second-order valence-electron chi connectivity index (χ2n) is 6.21. The Morgan fingerprint density at radius 1 is 1.36 bits per heavy atom. The Bertz CT molecular complexity index is 442. The topological polar surface area (TPSA) is 75.1 Å². The molecule has 0 aromatic carbocycles. The fourth-order valence-electron chi connectivity index (χ4n) is 3.07. The van der Waals surface area contributed by atoms with Gasteiger partial charge in [-0.2, -0.15) is 10.2 Å². The quantitative estimate of drug-likeness (QED) is 0.667. The minimum absolute atomic E-state index is 0.0887. The summed E-state index contributed by atoms with van der Waals surface area (Å²) in [6, 6.07) is 0. The van der Waals surface area contributed by atoms with Gasteiger partial charge >= 0.3 is 0 Å². The van der Waals surface area contributed by atoms with Crippen LogP contribution in [-0.4, -0.2) is 44.9 Å². The minimum atomic E-state index is -0.415. The number of carbonyl (C=O) groups is 1. The Balaban J connectivity index is 1.82. The van der Waals surface area contributed by atoms with Gasteiger partial charge in [-0.25, -0.2) is 0 Å². The van der Waals surface area contributed by atoms with Gasteiger partial charge in [0, 0.05) is 32.9 Å². The van der Waals surface area contributed by atoms with Gasteiger partial charge in [-0.1, -0.05) is 0 Å². The van der Waals surface area contributed by atoms with Crippen LogP contribution in [0.2, 0.25) is 0 Å². The van der Waals surface area contributed by atoms with Gasteiger partial charge in [0.05, 0.1) is 12.0 Å². The fraction of sp³-hybridized carbons (Fsp3) is 0.812. The van der Waals surface area contributed by atoms with Crippen molar-refractivity contribution in [3.05, 3.63) is 0 Å². The SMILES string of the molecule is C#CCCC1(CCNC(=O)C2(COC)CCCNCC2)N=N1. The smallest absolute Gasteiger partial charge is 0.228 e. The zero-order valence-electron chi connectivity index (χ0n) is 13.4. The monoisotopic (exact) mass is 306 g/mol. The molecule has 6 nitrogen and oxygen atoms in total. The zero-order valence-corrected chi connectivity index (χ0v) is 13.4. The third kappa shape index (κ3) is 4.28. The first kappa shape index (κ1) is 16.9. The van der Waals surface area contributed by atoms with E-state index in [0.717, 1.165) is 45.2 Å². The third-order valence-electron chi connectivity index (χ3n) is 4.56. The summed E-state index contributed by atoms with van der Waals surface area (Å²) in [5.41, 5.74) is -0.749. The van der Waals surface area contributed by atoms with Gasteiger partial charge in [-0.15, -0.1) is 12.3 Å². The van der Waals surface area contributed by atoms with E-state index in [2.05, 4.69) is 26.8 Å². The number of ether oxygens (including phenoxy) is 1. The Kier molecular flexibility index (Phi) is 5.92. The molecule has 6 heteroatoms. The van der Waals surface area contributed by atoms with Crippen LogP contribution >= 0.6 is 0 Å². The lowest BCUT2D eigenvalue weighted by atomic mass is 9.80. The van der Waals surface area contributed by atoms with Crippen LogP contribution in [0.3, 0.4) is 0 Å². The number of nitrogens with zero attached hydrogens (tertiary/aromatic N) is 2. The summed E-state index contributed by atoms with van der Waals surface area (Å²) >= 11 is 0. The highest BCUT2D eigenvalue weighted by Crippen LogP contribution is 2.36. The zero-order chi connectivity index (χ0) is 15.9. The van der Waals surface area contributed by atoms with Gasteiger partial charge in [0.2, 0.25) is 5.91 Å². The van der Waals surface area contributed by atoms with Crippen LogP contribution in [0.15, 0.2) is 10.2 Å². The average molecular weight is 306 g/mol. The van der Waals surface area contributed by atoms with Crippen molar-refractivity contribution in [3.8, 4) is 12.3 Å². The molecule has 2 aliphatic rings. The first-order chi connectivity index (χ1) is 10.7. The molecule has 1 atom stereocenters. The summed E-state index contributed by atoms with van der Waals surface area (Å²) in [5, 5.41) is 14.6. The van der Waals surface area contributed by atoms with Crippen LogP contribution in [-0.2, 0) is 9.53 Å². The molecule has 1 fully saturated rings. The van der Waals surface area contributed by atoms with Gasteiger partial charge in [0.1, 0.15) is 0 Å². The molecule has 0 saturated carbocycles. The van der Waals surface area contributed by atoms with Crippen molar-refractivity contribution in [1.82, 2.24) is 10.6 Å². The predicted molar refractivity (Wildman–Crippen MR) is 84.3 cm³/mol. The summed E-state index contributed by atoms with van der Waals surface area (Å²) in [5.74, 6) is 2.70. The molecule has 1 unspecified atom stereocenters. The van der Waals surface area contributed by atoms with Crippen molar-refractivity contribution in [2.45, 2.75) is 44.2 Å². The van der Waals surface area contributed by atoms with Crippen LogP contribution in [0.25, 0.3) is 0 Å². The Labute approximate surface area is 132 Å². The molecular weight excluding hydrogens is 280 g/mol. The van der Waals surface area contributed by atoms with Gasteiger partial charge < -0.3 is 15.4 Å². The van der Waals surface area contributed by atoms with E-state index in [1.807, 2.05) is 0 Å². The van der Waals surface area contributed by atoms with E-state index in [0.29, 0.717) is 19.6 Å². The van der Waals surface area contributed by atoms with E-state index >= 15 is 0 Å². The van der Waals surface area contributed by atoms with Crippen LogP contribution in [0, 0.1) is 17.8 Å². The molecule has 122 valence electrons. The highest BCUT2D eigenvalue weighted by molar-refractivity contribution is 5.82. The molecule has 0 aromatic heterocycles. The molecule has 2 rings (SSSR count). The molecule has 1 amide bonds. The maximum Gasteiger partial charge on any atom is 0.228 e. The maximum absolute atomic E-state index is 12.7. The molecule has 22 heavy (non-hydrogen) atoms. The van der Waals surface area contributed by atoms with Crippen LogP contribution in [0.4, 0.5) is 0 Å². The third-order valence-corrected chi connectivity index (χ3v) is 4.56. The molecule has 2 aliphatic heterocycles. The molecule has 2 N–H and O–H groups in total. The van der Waals surface area contributed by atoms with Gasteiger partial charge in [-0.3, -0.25) is 4.79 Å². The van der Waals surface area contributed by atoms with Crippen LogP contribution in [0.5, 0.6) is 0 Å². The van der Waals surface area contributed by atoms with E-state index in [9.17, 15) is 4.79 Å². The van der Waals surface area contributed by atoms with Crippen molar-refractivity contribution in [2.75, 3.05) is 33.4 Å². The maximum atomic E-state index is 12.7. The van der Waals surface area contributed by atoms with Crippen LogP contribution < -0.4 is 10.6 Å². The fourth-order valence-corrected chi connectivity index (χ4v) is 3.07. The molecule has 0 aliphatic carbocycles. The normalized spacial score (nSPS) is 26.0. The number of terminal acetylenes is 1. The van der Waals surface area contributed by atoms with E-state index in [1.54, 1.807) is 7.11 Å². The lowest BCUT2D eigenvalue weighted by Crippen LogP contribution is -2.45. The number of hydrogen-bond acceptors (Lipinski definition) is 5. The molecule has 0 spiro atoms. The summed E-state index contributed by atoms with van der Waals surface area (Å²) < 4.78 is 5.33. The van der Waals surface area contributed by atoms with E-state index in [-0.39, 0.29) is 11.6 Å². The van der Waals surface area contributed by atoms with Crippen molar-refractivity contribution in [2.24, 2.45) is 15.6 Å². The molecule has 0 radical (unpaired) electrons. The van der Waals surface area contributed by atoms with Gasteiger partial charge in [0.25, 0.3) is 0 Å². The number of methoxy groups -OCH3 is 1. The number of nitrogens with one attached hydrogen (secondary N) is 2. The predicted octanol–water partition coefficient (Wildman–Crippen LogP) is 1.47. The standard InChI is InChI=1S/C16H26N4O2/c1-3-4-7-16(19-20-16)9-12-18-14(21)15(13-22-2)6-5-10-17-11-8-15/h1,17H,4-13H2,2H3,(H,18,21). The lowest BCUT2D eigenvalue weighted by Gasteiger charge is -2.30. The number of amides is 1. The molecule has 1 saturated heterocycles. The Hall–Kier alpha value is -1.45. The van der Waals surface area contributed by atoms with Crippen molar-refractivity contribution >= 4 is 5.91 Å². The number of rotatable bonds is 8. The summed E-state index contributed by atoms with van der Waals surface area (Å²) in [4.78, 5) is 12.7. The number of carbonyl (C=O) groups excluding carboxylic acids is 1. The average Bonchev–Trinajstić information content (AvgIpc) is 3.30. The molecular formula is C16H26N4O2. The largest absolute Gasteiger partial charge is 0.384 e. The molecule has 0 aromatic rings. The summed E-state index contributed by atoms with van der Waals surface area (Å²) in [6.07, 6.45) is 10.1. The Morgan fingerprint density at radius 2 is 2.18 bits per heavy atom. The molecule has 0 bridgehead atoms. The summed E-state index contributed by atoms with van der Waals surface area (Å²) in [6.45, 7) is 2.87. The van der Waals surface area contributed by atoms with Crippen molar-refractivity contribution in [3.63, 3.8) is 0 Å². The van der Waals surface area contributed by atoms with Gasteiger partial charge in [-0.05, 0) is 32.4 Å². The van der Waals surface area contributed by atoms with Crippen LogP contribution in [0.1, 0.15) is 38.5 Å². The van der Waals surface area contributed by atoms with E-state index in [1.165, 1.54) is 0 Å². The van der Waals surface area contributed by atoms with Crippen molar-refractivity contribution < 1.29 is 9.53 Å². The summed E-state index contributed by atoms with van der Waals surface area (Å²) in [7, 11) is 1.66. The second-order valence-corrected chi connectivity index (χ2v) is 6.21. The highest BCUT2D eigenvalue weighted by atomic mass is 16.5.